The van der Waals surface area contributed by atoms with Gasteiger partial charge in [-0.3, -0.25) is 4.79 Å². The van der Waals surface area contributed by atoms with Gasteiger partial charge < -0.3 is 10.1 Å². The largest absolute Gasteiger partial charge is 0.497 e. The zero-order chi connectivity index (χ0) is 14.4. The first-order chi connectivity index (χ1) is 9.69. The Morgan fingerprint density at radius 1 is 1.15 bits per heavy atom. The number of aryl methyl sites for hydroxylation is 1. The molecule has 1 amide bonds. The highest BCUT2D eigenvalue weighted by Crippen LogP contribution is 2.22. The Morgan fingerprint density at radius 3 is 2.50 bits per heavy atom. The second-order valence-electron chi connectivity index (χ2n) is 4.33. The molecule has 0 unspecified atom stereocenters. The average Bonchev–Trinajstić information content (AvgIpc) is 2.47. The van der Waals surface area contributed by atoms with Crippen molar-refractivity contribution in [3.63, 3.8) is 0 Å². The van der Waals surface area contributed by atoms with Crippen LogP contribution in [-0.4, -0.2) is 18.8 Å². The number of amides is 1. The molecule has 2 rings (SSSR count). The Morgan fingerprint density at radius 2 is 1.85 bits per heavy atom. The summed E-state index contributed by atoms with van der Waals surface area (Å²) in [5.74, 6) is 1.16. The minimum Gasteiger partial charge on any atom is -0.497 e. The molecule has 0 atom stereocenters. The summed E-state index contributed by atoms with van der Waals surface area (Å²) >= 11 is 1.55. The van der Waals surface area contributed by atoms with E-state index in [2.05, 4.69) is 5.32 Å². The molecule has 0 aliphatic carbocycles. The first-order valence-electron chi connectivity index (χ1n) is 6.31. The predicted molar refractivity (Wildman–Crippen MR) is 83.5 cm³/mol. The topological polar surface area (TPSA) is 38.3 Å². The zero-order valence-corrected chi connectivity index (χ0v) is 12.4. The average molecular weight is 287 g/mol. The lowest BCUT2D eigenvalue weighted by atomic mass is 10.2. The molecule has 104 valence electrons. The lowest BCUT2D eigenvalue weighted by Crippen LogP contribution is -2.13. The van der Waals surface area contributed by atoms with E-state index < -0.39 is 0 Å². The van der Waals surface area contributed by atoms with Gasteiger partial charge in [0.05, 0.1) is 12.9 Å². The fourth-order valence-corrected chi connectivity index (χ4v) is 2.56. The number of nitrogens with one attached hydrogen (secondary N) is 1. The van der Waals surface area contributed by atoms with Crippen LogP contribution < -0.4 is 10.1 Å². The number of carbonyl (C=O) groups excluding carboxylic acids is 1. The van der Waals surface area contributed by atoms with Crippen LogP contribution in [0.3, 0.4) is 0 Å². The zero-order valence-electron chi connectivity index (χ0n) is 11.6. The number of hydrogen-bond acceptors (Lipinski definition) is 3. The first-order valence-corrected chi connectivity index (χ1v) is 7.30. The molecule has 2 aromatic rings. The lowest BCUT2D eigenvalue weighted by Gasteiger charge is -2.07. The van der Waals surface area contributed by atoms with E-state index in [1.54, 1.807) is 18.9 Å². The predicted octanol–water partition coefficient (Wildman–Crippen LogP) is 3.73. The number of hydrogen-bond donors (Lipinski definition) is 1. The molecule has 0 aromatic heterocycles. The molecule has 0 aliphatic heterocycles. The Bertz CT molecular complexity index is 581. The first kappa shape index (κ1) is 14.5. The minimum atomic E-state index is -0.0107. The standard InChI is InChI=1S/C16H17NO2S/c1-12-5-3-4-6-15(12)20-11-16(18)17-13-7-9-14(19-2)10-8-13/h3-10H,11H2,1-2H3,(H,17,18). The summed E-state index contributed by atoms with van der Waals surface area (Å²) in [6, 6.07) is 15.4. The molecule has 0 spiro atoms. The van der Waals surface area contributed by atoms with Gasteiger partial charge in [-0.1, -0.05) is 18.2 Å². The number of benzene rings is 2. The maximum Gasteiger partial charge on any atom is 0.234 e. The van der Waals surface area contributed by atoms with E-state index >= 15 is 0 Å². The van der Waals surface area contributed by atoms with Gasteiger partial charge in [0.15, 0.2) is 0 Å². The second-order valence-corrected chi connectivity index (χ2v) is 5.35. The van der Waals surface area contributed by atoms with Crippen LogP contribution in [0.1, 0.15) is 5.56 Å². The minimum absolute atomic E-state index is 0.0107. The van der Waals surface area contributed by atoms with Gasteiger partial charge in [0.1, 0.15) is 5.75 Å². The van der Waals surface area contributed by atoms with Gasteiger partial charge in [0.2, 0.25) is 5.91 Å². The third kappa shape index (κ3) is 4.03. The molecular formula is C16H17NO2S. The second kappa shape index (κ2) is 7.01. The van der Waals surface area contributed by atoms with E-state index in [1.807, 2.05) is 55.5 Å². The van der Waals surface area contributed by atoms with Crippen LogP contribution in [0, 0.1) is 6.92 Å². The molecule has 2 aromatic carbocycles. The van der Waals surface area contributed by atoms with E-state index in [-0.39, 0.29) is 5.91 Å². The number of rotatable bonds is 5. The van der Waals surface area contributed by atoms with Crippen molar-refractivity contribution in [1.29, 1.82) is 0 Å². The van der Waals surface area contributed by atoms with Crippen molar-refractivity contribution in [2.24, 2.45) is 0 Å². The lowest BCUT2D eigenvalue weighted by molar-refractivity contribution is -0.113. The number of ether oxygens (including phenoxy) is 1. The SMILES string of the molecule is COc1ccc(NC(=O)CSc2ccccc2C)cc1. The summed E-state index contributed by atoms with van der Waals surface area (Å²) in [5, 5.41) is 2.87. The van der Waals surface area contributed by atoms with Crippen molar-refractivity contribution in [2.45, 2.75) is 11.8 Å². The number of methoxy groups -OCH3 is 1. The molecular weight excluding hydrogens is 270 g/mol. The van der Waals surface area contributed by atoms with Gasteiger partial charge in [-0.15, -0.1) is 11.8 Å². The van der Waals surface area contributed by atoms with Crippen molar-refractivity contribution in [1.82, 2.24) is 0 Å². The highest BCUT2D eigenvalue weighted by Gasteiger charge is 2.05. The van der Waals surface area contributed by atoms with E-state index in [1.165, 1.54) is 5.56 Å². The molecule has 1 N–H and O–H groups in total. The van der Waals surface area contributed by atoms with E-state index in [0.29, 0.717) is 5.75 Å². The smallest absolute Gasteiger partial charge is 0.234 e. The molecule has 0 aliphatic rings. The van der Waals surface area contributed by atoms with E-state index in [9.17, 15) is 4.79 Å². The van der Waals surface area contributed by atoms with Crippen LogP contribution in [0.4, 0.5) is 5.69 Å². The van der Waals surface area contributed by atoms with Crippen molar-refractivity contribution in [2.75, 3.05) is 18.2 Å². The molecule has 0 saturated carbocycles. The summed E-state index contributed by atoms with van der Waals surface area (Å²) < 4.78 is 5.08. The normalized spacial score (nSPS) is 10.1. The fourth-order valence-electron chi connectivity index (χ4n) is 1.73. The summed E-state index contributed by atoms with van der Waals surface area (Å²) in [4.78, 5) is 13.0. The summed E-state index contributed by atoms with van der Waals surface area (Å²) in [6.45, 7) is 2.05. The van der Waals surface area contributed by atoms with Gasteiger partial charge in [0.25, 0.3) is 0 Å². The summed E-state index contributed by atoms with van der Waals surface area (Å²) in [6.07, 6.45) is 0. The van der Waals surface area contributed by atoms with Crippen LogP contribution >= 0.6 is 11.8 Å². The molecule has 0 fully saturated rings. The highest BCUT2D eigenvalue weighted by molar-refractivity contribution is 8.00. The van der Waals surface area contributed by atoms with Crippen LogP contribution in [0.2, 0.25) is 0 Å². The van der Waals surface area contributed by atoms with Crippen LogP contribution in [0.15, 0.2) is 53.4 Å². The molecule has 20 heavy (non-hydrogen) atoms. The van der Waals surface area contributed by atoms with E-state index in [0.717, 1.165) is 16.3 Å². The highest BCUT2D eigenvalue weighted by atomic mass is 32.2. The maximum atomic E-state index is 11.9. The van der Waals surface area contributed by atoms with Gasteiger partial charge in [-0.2, -0.15) is 0 Å². The molecule has 0 heterocycles. The Hall–Kier alpha value is -1.94. The molecule has 4 heteroatoms. The van der Waals surface area contributed by atoms with Gasteiger partial charge in [-0.25, -0.2) is 0 Å². The van der Waals surface area contributed by atoms with Crippen molar-refractivity contribution < 1.29 is 9.53 Å². The Labute approximate surface area is 123 Å². The van der Waals surface area contributed by atoms with Crippen LogP contribution in [0.25, 0.3) is 0 Å². The van der Waals surface area contributed by atoms with Crippen molar-refractivity contribution in [3.8, 4) is 5.75 Å². The number of carbonyl (C=O) groups is 1. The van der Waals surface area contributed by atoms with Crippen LogP contribution in [0.5, 0.6) is 5.75 Å². The Balaban J connectivity index is 1.87. The van der Waals surface area contributed by atoms with Crippen molar-refractivity contribution in [3.05, 3.63) is 54.1 Å². The Kier molecular flexibility index (Phi) is 5.07. The monoisotopic (exact) mass is 287 g/mol. The molecule has 0 bridgehead atoms. The molecule has 0 radical (unpaired) electrons. The van der Waals surface area contributed by atoms with Crippen LogP contribution in [-0.2, 0) is 4.79 Å². The van der Waals surface area contributed by atoms with Crippen molar-refractivity contribution >= 4 is 23.4 Å². The van der Waals surface area contributed by atoms with E-state index in [4.69, 9.17) is 4.74 Å². The molecule has 0 saturated heterocycles. The quantitative estimate of drug-likeness (QED) is 0.851. The maximum absolute atomic E-state index is 11.9. The molecule has 3 nitrogen and oxygen atoms in total. The summed E-state index contributed by atoms with van der Waals surface area (Å²) in [5.41, 5.74) is 1.97. The van der Waals surface area contributed by atoms with Gasteiger partial charge in [0, 0.05) is 10.6 Å². The fraction of sp³-hybridized carbons (Fsp3) is 0.188. The van der Waals surface area contributed by atoms with Gasteiger partial charge in [-0.05, 0) is 42.8 Å². The third-order valence-corrected chi connectivity index (χ3v) is 4.00. The third-order valence-electron chi connectivity index (χ3n) is 2.83. The summed E-state index contributed by atoms with van der Waals surface area (Å²) in [7, 11) is 1.62. The van der Waals surface area contributed by atoms with Gasteiger partial charge >= 0.3 is 0 Å². The number of anilines is 1. The number of thioether (sulfide) groups is 1.